The largest absolute Gasteiger partial charge is 0.350 e. The van der Waals surface area contributed by atoms with Crippen molar-refractivity contribution in [2.45, 2.75) is 46.2 Å². The molecule has 0 saturated heterocycles. The first-order chi connectivity index (χ1) is 12.5. The average Bonchev–Trinajstić information content (AvgIpc) is 3.28. The minimum absolute atomic E-state index is 0.0391. The Morgan fingerprint density at radius 2 is 1.96 bits per heavy atom. The van der Waals surface area contributed by atoms with Crippen LogP contribution < -0.4 is 5.32 Å². The molecule has 3 rings (SSSR count). The molecule has 0 radical (unpaired) electrons. The van der Waals surface area contributed by atoms with Crippen LogP contribution in [0.4, 0.5) is 0 Å². The first kappa shape index (κ1) is 17.8. The van der Waals surface area contributed by atoms with Crippen LogP contribution in [0, 0.1) is 6.92 Å². The molecule has 0 fully saturated rings. The van der Waals surface area contributed by atoms with Crippen molar-refractivity contribution in [3.63, 3.8) is 0 Å². The summed E-state index contributed by atoms with van der Waals surface area (Å²) in [4.78, 5) is 21.0. The molecule has 0 saturated carbocycles. The molecule has 0 aliphatic rings. The van der Waals surface area contributed by atoms with Crippen molar-refractivity contribution in [3.05, 3.63) is 53.9 Å². The fourth-order valence-electron chi connectivity index (χ4n) is 2.75. The first-order valence-corrected chi connectivity index (χ1v) is 8.65. The zero-order valence-electron chi connectivity index (χ0n) is 15.4. The number of carbonyl (C=O) groups is 1. The van der Waals surface area contributed by atoms with E-state index in [0.29, 0.717) is 18.3 Å². The predicted molar refractivity (Wildman–Crippen MR) is 97.3 cm³/mol. The summed E-state index contributed by atoms with van der Waals surface area (Å²) in [5.74, 6) is 2.23. The molecule has 7 nitrogen and oxygen atoms in total. The lowest BCUT2D eigenvalue weighted by atomic mass is 10.1. The van der Waals surface area contributed by atoms with Crippen LogP contribution in [0.3, 0.4) is 0 Å². The van der Waals surface area contributed by atoms with Crippen molar-refractivity contribution in [1.29, 1.82) is 0 Å². The Morgan fingerprint density at radius 1 is 1.23 bits per heavy atom. The topological polar surface area (TPSA) is 85.8 Å². The summed E-state index contributed by atoms with van der Waals surface area (Å²) < 4.78 is 6.91. The second-order valence-electron chi connectivity index (χ2n) is 6.58. The molecule has 1 amide bonds. The molecule has 0 aliphatic heterocycles. The van der Waals surface area contributed by atoms with Crippen LogP contribution in [0.2, 0.25) is 0 Å². The van der Waals surface area contributed by atoms with Crippen LogP contribution in [-0.2, 0) is 11.3 Å². The molecule has 0 spiro atoms. The second kappa shape index (κ2) is 7.51. The Morgan fingerprint density at radius 3 is 2.58 bits per heavy atom. The predicted octanol–water partition coefficient (Wildman–Crippen LogP) is 3.24. The van der Waals surface area contributed by atoms with Crippen LogP contribution in [0.15, 0.2) is 41.2 Å². The molecule has 1 aromatic carbocycles. The maximum Gasteiger partial charge on any atom is 0.243 e. The highest BCUT2D eigenvalue weighted by molar-refractivity contribution is 5.80. The van der Waals surface area contributed by atoms with E-state index in [4.69, 9.17) is 4.52 Å². The second-order valence-corrected chi connectivity index (χ2v) is 6.58. The number of rotatable bonds is 6. The van der Waals surface area contributed by atoms with Crippen LogP contribution in [0.1, 0.15) is 50.0 Å². The number of imidazole rings is 1. The Hall–Kier alpha value is -2.96. The van der Waals surface area contributed by atoms with Crippen molar-refractivity contribution >= 4 is 5.91 Å². The smallest absolute Gasteiger partial charge is 0.243 e. The van der Waals surface area contributed by atoms with Gasteiger partial charge in [-0.25, -0.2) is 4.98 Å². The quantitative estimate of drug-likeness (QED) is 0.735. The van der Waals surface area contributed by atoms with E-state index in [9.17, 15) is 4.79 Å². The van der Waals surface area contributed by atoms with Gasteiger partial charge in [0.15, 0.2) is 0 Å². The summed E-state index contributed by atoms with van der Waals surface area (Å²) in [6, 6.07) is 7.42. The van der Waals surface area contributed by atoms with E-state index in [0.717, 1.165) is 17.0 Å². The number of amides is 1. The molecular formula is C19H23N5O2. The number of hydrogen-bond donors (Lipinski definition) is 1. The maximum absolute atomic E-state index is 12.5. The Kier molecular flexibility index (Phi) is 5.16. The summed E-state index contributed by atoms with van der Waals surface area (Å²) in [5, 5.41) is 6.88. The van der Waals surface area contributed by atoms with E-state index in [1.54, 1.807) is 13.1 Å². The third-order valence-electron chi connectivity index (χ3n) is 4.22. The third kappa shape index (κ3) is 3.82. The van der Waals surface area contributed by atoms with E-state index < -0.39 is 0 Å². The van der Waals surface area contributed by atoms with E-state index in [1.807, 2.05) is 42.0 Å². The van der Waals surface area contributed by atoms with Gasteiger partial charge in [0.25, 0.3) is 0 Å². The molecular weight excluding hydrogens is 330 g/mol. The van der Waals surface area contributed by atoms with E-state index in [-0.39, 0.29) is 17.9 Å². The van der Waals surface area contributed by atoms with Crippen molar-refractivity contribution in [1.82, 2.24) is 25.0 Å². The monoisotopic (exact) mass is 353 g/mol. The standard InChI is InChI=1S/C19H23N5O2/c1-12(2)18-20-9-10-24(18)13(3)19(25)21-11-15-5-7-16(8-6-15)17-22-14(4)26-23-17/h5-10,12-13H,11H2,1-4H3,(H,21,25)/t13-/m0/s1. The Bertz CT molecular complexity index is 879. The lowest BCUT2D eigenvalue weighted by Gasteiger charge is -2.17. The number of nitrogens with zero attached hydrogens (tertiary/aromatic N) is 4. The van der Waals surface area contributed by atoms with Gasteiger partial charge in [0.1, 0.15) is 11.9 Å². The zero-order chi connectivity index (χ0) is 18.7. The third-order valence-corrected chi connectivity index (χ3v) is 4.22. The fourth-order valence-corrected chi connectivity index (χ4v) is 2.75. The maximum atomic E-state index is 12.5. The van der Waals surface area contributed by atoms with Gasteiger partial charge in [0.2, 0.25) is 17.6 Å². The summed E-state index contributed by atoms with van der Waals surface area (Å²) in [6.45, 7) is 8.23. The van der Waals surface area contributed by atoms with Crippen LogP contribution >= 0.6 is 0 Å². The number of aryl methyl sites for hydroxylation is 1. The number of nitrogens with one attached hydrogen (secondary N) is 1. The number of carbonyl (C=O) groups excluding carboxylic acids is 1. The number of aromatic nitrogens is 4. The highest BCUT2D eigenvalue weighted by Gasteiger charge is 2.18. The molecule has 2 aromatic heterocycles. The number of benzene rings is 1. The molecule has 2 heterocycles. The SMILES string of the molecule is Cc1nc(-c2ccc(CNC(=O)[C@H](C)n3ccnc3C(C)C)cc2)no1. The highest BCUT2D eigenvalue weighted by atomic mass is 16.5. The molecule has 1 N–H and O–H groups in total. The first-order valence-electron chi connectivity index (χ1n) is 8.65. The van der Waals surface area contributed by atoms with Gasteiger partial charge in [-0.3, -0.25) is 4.79 Å². The summed E-state index contributed by atoms with van der Waals surface area (Å²) >= 11 is 0. The minimum atomic E-state index is -0.309. The molecule has 0 bridgehead atoms. The molecule has 0 unspecified atom stereocenters. The minimum Gasteiger partial charge on any atom is -0.350 e. The van der Waals surface area contributed by atoms with Crippen LogP contribution in [0.25, 0.3) is 11.4 Å². The summed E-state index contributed by atoms with van der Waals surface area (Å²) in [7, 11) is 0. The molecule has 136 valence electrons. The van der Waals surface area contributed by atoms with Crippen molar-refractivity contribution in [2.24, 2.45) is 0 Å². The molecule has 0 aliphatic carbocycles. The van der Waals surface area contributed by atoms with Gasteiger partial charge >= 0.3 is 0 Å². The van der Waals surface area contributed by atoms with Gasteiger partial charge in [-0.05, 0) is 12.5 Å². The fraction of sp³-hybridized carbons (Fsp3) is 0.368. The van der Waals surface area contributed by atoms with E-state index in [2.05, 4.69) is 34.3 Å². The van der Waals surface area contributed by atoms with Gasteiger partial charge in [0, 0.05) is 37.3 Å². The van der Waals surface area contributed by atoms with Gasteiger partial charge < -0.3 is 14.4 Å². The number of hydrogen-bond acceptors (Lipinski definition) is 5. The molecule has 1 atom stereocenters. The van der Waals surface area contributed by atoms with Gasteiger partial charge in [-0.1, -0.05) is 43.3 Å². The van der Waals surface area contributed by atoms with Crippen molar-refractivity contribution < 1.29 is 9.32 Å². The van der Waals surface area contributed by atoms with E-state index in [1.165, 1.54) is 0 Å². The summed E-state index contributed by atoms with van der Waals surface area (Å²) in [5.41, 5.74) is 1.88. The lowest BCUT2D eigenvalue weighted by molar-refractivity contribution is -0.124. The average molecular weight is 353 g/mol. The Labute approximate surface area is 152 Å². The zero-order valence-corrected chi connectivity index (χ0v) is 15.4. The normalized spacial score (nSPS) is 12.3. The molecule has 7 heteroatoms. The van der Waals surface area contributed by atoms with Gasteiger partial charge in [-0.2, -0.15) is 4.98 Å². The molecule has 3 aromatic rings. The Balaban J connectivity index is 1.61. The van der Waals surface area contributed by atoms with Crippen LogP contribution in [0.5, 0.6) is 0 Å². The van der Waals surface area contributed by atoms with Crippen LogP contribution in [-0.4, -0.2) is 25.6 Å². The lowest BCUT2D eigenvalue weighted by Crippen LogP contribution is -2.31. The highest BCUT2D eigenvalue weighted by Crippen LogP contribution is 2.18. The van der Waals surface area contributed by atoms with Crippen molar-refractivity contribution in [2.75, 3.05) is 0 Å². The van der Waals surface area contributed by atoms with Gasteiger partial charge in [-0.15, -0.1) is 0 Å². The molecule has 26 heavy (non-hydrogen) atoms. The van der Waals surface area contributed by atoms with Crippen molar-refractivity contribution in [3.8, 4) is 11.4 Å². The van der Waals surface area contributed by atoms with E-state index >= 15 is 0 Å². The van der Waals surface area contributed by atoms with Gasteiger partial charge in [0.05, 0.1) is 0 Å². The summed E-state index contributed by atoms with van der Waals surface area (Å²) in [6.07, 6.45) is 3.58.